The molecule has 0 radical (unpaired) electrons. The quantitative estimate of drug-likeness (QED) is 0.647. The molecule has 0 bridgehead atoms. The molecule has 0 N–H and O–H groups in total. The van der Waals surface area contributed by atoms with Crippen molar-refractivity contribution in [3.63, 3.8) is 0 Å². The van der Waals surface area contributed by atoms with E-state index in [1.807, 2.05) is 0 Å². The van der Waals surface area contributed by atoms with Crippen LogP contribution in [0.4, 0.5) is 0 Å². The fourth-order valence-corrected chi connectivity index (χ4v) is 2.44. The zero-order valence-corrected chi connectivity index (χ0v) is 9.11. The molecular weight excluding hydrogens is 176 g/mol. The summed E-state index contributed by atoms with van der Waals surface area (Å²) in [4.78, 5) is 21.2. The highest BCUT2D eigenvalue weighted by Gasteiger charge is 2.29. The van der Waals surface area contributed by atoms with Crippen molar-refractivity contribution in [3.8, 4) is 0 Å². The number of carbonyl (C=O) groups excluding carboxylic acids is 2. The number of carbonyl (C=O) groups is 2. The van der Waals surface area contributed by atoms with Crippen LogP contribution in [0.15, 0.2) is 0 Å². The van der Waals surface area contributed by atoms with Crippen LogP contribution in [-0.2, 0) is 9.59 Å². The Balaban J connectivity index is 2.49. The van der Waals surface area contributed by atoms with E-state index in [4.69, 9.17) is 0 Å². The van der Waals surface area contributed by atoms with Gasteiger partial charge in [0.15, 0.2) is 0 Å². The van der Waals surface area contributed by atoms with Gasteiger partial charge in [-0.05, 0) is 37.0 Å². The summed E-state index contributed by atoms with van der Waals surface area (Å²) in [5.74, 6) is 1.78. The Kier molecular flexibility index (Phi) is 4.30. The van der Waals surface area contributed by atoms with E-state index in [1.165, 1.54) is 6.42 Å². The molecule has 4 unspecified atom stereocenters. The maximum Gasteiger partial charge on any atom is 0.123 e. The highest BCUT2D eigenvalue weighted by Crippen LogP contribution is 2.37. The molecule has 1 rings (SSSR count). The largest absolute Gasteiger partial charge is 0.303 e. The molecule has 0 spiro atoms. The summed E-state index contributed by atoms with van der Waals surface area (Å²) in [7, 11) is 0. The van der Waals surface area contributed by atoms with Crippen molar-refractivity contribution in [2.45, 2.75) is 39.5 Å². The van der Waals surface area contributed by atoms with Gasteiger partial charge in [-0.25, -0.2) is 0 Å². The van der Waals surface area contributed by atoms with E-state index in [2.05, 4.69) is 13.8 Å². The van der Waals surface area contributed by atoms with Crippen LogP contribution >= 0.6 is 0 Å². The lowest BCUT2D eigenvalue weighted by molar-refractivity contribution is -0.114. The van der Waals surface area contributed by atoms with E-state index in [0.29, 0.717) is 24.2 Å². The van der Waals surface area contributed by atoms with Crippen molar-refractivity contribution in [2.24, 2.45) is 23.7 Å². The summed E-state index contributed by atoms with van der Waals surface area (Å²) >= 11 is 0. The van der Waals surface area contributed by atoms with Gasteiger partial charge >= 0.3 is 0 Å². The fraction of sp³-hybridized carbons (Fsp3) is 0.833. The van der Waals surface area contributed by atoms with Gasteiger partial charge in [0.1, 0.15) is 12.6 Å². The fourth-order valence-electron chi connectivity index (χ4n) is 2.44. The predicted molar refractivity (Wildman–Crippen MR) is 55.9 cm³/mol. The normalized spacial score (nSPS) is 34.9. The summed E-state index contributed by atoms with van der Waals surface area (Å²) < 4.78 is 0. The second kappa shape index (κ2) is 5.28. The predicted octanol–water partition coefficient (Wildman–Crippen LogP) is 2.46. The van der Waals surface area contributed by atoms with Crippen molar-refractivity contribution in [1.82, 2.24) is 0 Å². The molecule has 4 atom stereocenters. The monoisotopic (exact) mass is 196 g/mol. The van der Waals surface area contributed by atoms with E-state index >= 15 is 0 Å². The third-order valence-electron chi connectivity index (χ3n) is 3.75. The minimum atomic E-state index is 0.225. The van der Waals surface area contributed by atoms with E-state index in [1.54, 1.807) is 0 Å². The second-order valence-corrected chi connectivity index (χ2v) is 4.73. The molecule has 14 heavy (non-hydrogen) atoms. The van der Waals surface area contributed by atoms with Gasteiger partial charge in [0.25, 0.3) is 0 Å². The first-order valence-electron chi connectivity index (χ1n) is 5.58. The molecule has 1 aliphatic rings. The van der Waals surface area contributed by atoms with Crippen molar-refractivity contribution >= 4 is 12.6 Å². The van der Waals surface area contributed by atoms with Gasteiger partial charge in [-0.2, -0.15) is 0 Å². The maximum absolute atomic E-state index is 10.8. The van der Waals surface area contributed by atoms with E-state index in [9.17, 15) is 9.59 Å². The van der Waals surface area contributed by atoms with E-state index in [-0.39, 0.29) is 5.92 Å². The van der Waals surface area contributed by atoms with Crippen LogP contribution in [0, 0.1) is 23.7 Å². The SMILES string of the molecule is CC1CCC(C(C)CC=O)CC1C=O. The minimum absolute atomic E-state index is 0.225. The van der Waals surface area contributed by atoms with Gasteiger partial charge in [0, 0.05) is 12.3 Å². The van der Waals surface area contributed by atoms with Crippen molar-refractivity contribution in [1.29, 1.82) is 0 Å². The standard InChI is InChI=1S/C12H20O2/c1-9-3-4-11(7-12(9)8-14)10(2)5-6-13/h6,8-12H,3-5,7H2,1-2H3. The van der Waals surface area contributed by atoms with Gasteiger partial charge in [-0.3, -0.25) is 0 Å². The van der Waals surface area contributed by atoms with Crippen molar-refractivity contribution < 1.29 is 9.59 Å². The van der Waals surface area contributed by atoms with Crippen LogP contribution < -0.4 is 0 Å². The highest BCUT2D eigenvalue weighted by atomic mass is 16.1. The Labute approximate surface area is 86.1 Å². The average Bonchev–Trinajstić information content (AvgIpc) is 2.19. The third-order valence-corrected chi connectivity index (χ3v) is 3.75. The van der Waals surface area contributed by atoms with E-state index in [0.717, 1.165) is 25.4 Å². The van der Waals surface area contributed by atoms with Crippen LogP contribution in [-0.4, -0.2) is 12.6 Å². The second-order valence-electron chi connectivity index (χ2n) is 4.73. The van der Waals surface area contributed by atoms with Crippen molar-refractivity contribution in [2.75, 3.05) is 0 Å². The lowest BCUT2D eigenvalue weighted by Gasteiger charge is -2.34. The first-order chi connectivity index (χ1) is 6.69. The Hall–Kier alpha value is -0.660. The maximum atomic E-state index is 10.8. The average molecular weight is 196 g/mol. The van der Waals surface area contributed by atoms with Gasteiger partial charge in [-0.1, -0.05) is 13.8 Å². The topological polar surface area (TPSA) is 34.1 Å². The lowest BCUT2D eigenvalue weighted by atomic mass is 9.71. The molecule has 2 nitrogen and oxygen atoms in total. The summed E-state index contributed by atoms with van der Waals surface area (Å²) in [5.41, 5.74) is 0. The lowest BCUT2D eigenvalue weighted by Crippen LogP contribution is -2.27. The first-order valence-corrected chi connectivity index (χ1v) is 5.58. The Bertz CT molecular complexity index is 200. The number of rotatable bonds is 4. The summed E-state index contributed by atoms with van der Waals surface area (Å²) in [6, 6.07) is 0. The molecule has 0 amide bonds. The summed E-state index contributed by atoms with van der Waals surface area (Å²) in [6.07, 6.45) is 6.05. The smallest absolute Gasteiger partial charge is 0.123 e. The van der Waals surface area contributed by atoms with Crippen LogP contribution in [0.5, 0.6) is 0 Å². The Morgan fingerprint density at radius 1 is 1.36 bits per heavy atom. The van der Waals surface area contributed by atoms with Gasteiger partial charge < -0.3 is 9.59 Å². The molecule has 1 aliphatic carbocycles. The van der Waals surface area contributed by atoms with Gasteiger partial charge in [0.2, 0.25) is 0 Å². The zero-order valence-electron chi connectivity index (χ0n) is 9.11. The molecule has 0 saturated heterocycles. The van der Waals surface area contributed by atoms with Crippen LogP contribution in [0.1, 0.15) is 39.5 Å². The Morgan fingerprint density at radius 2 is 2.07 bits per heavy atom. The zero-order chi connectivity index (χ0) is 10.6. The molecular formula is C12H20O2. The molecule has 0 aliphatic heterocycles. The number of hydrogen-bond donors (Lipinski definition) is 0. The molecule has 1 fully saturated rings. The minimum Gasteiger partial charge on any atom is -0.303 e. The molecule has 0 aromatic carbocycles. The molecule has 1 saturated carbocycles. The van der Waals surface area contributed by atoms with Crippen LogP contribution in [0.3, 0.4) is 0 Å². The van der Waals surface area contributed by atoms with Crippen molar-refractivity contribution in [3.05, 3.63) is 0 Å². The first kappa shape index (κ1) is 11.4. The Morgan fingerprint density at radius 3 is 2.64 bits per heavy atom. The summed E-state index contributed by atoms with van der Waals surface area (Å²) in [5, 5.41) is 0. The van der Waals surface area contributed by atoms with Crippen LogP contribution in [0.25, 0.3) is 0 Å². The highest BCUT2D eigenvalue weighted by molar-refractivity contribution is 5.54. The number of aldehydes is 2. The number of hydrogen-bond acceptors (Lipinski definition) is 2. The molecule has 2 heteroatoms. The summed E-state index contributed by atoms with van der Waals surface area (Å²) in [6.45, 7) is 4.27. The third kappa shape index (κ3) is 2.66. The van der Waals surface area contributed by atoms with Crippen LogP contribution in [0.2, 0.25) is 0 Å². The van der Waals surface area contributed by atoms with Gasteiger partial charge in [-0.15, -0.1) is 0 Å². The molecule has 80 valence electrons. The molecule has 0 aromatic rings. The molecule has 0 heterocycles. The van der Waals surface area contributed by atoms with Gasteiger partial charge in [0.05, 0.1) is 0 Å². The molecule has 0 aromatic heterocycles. The van der Waals surface area contributed by atoms with E-state index < -0.39 is 0 Å².